The predicted molar refractivity (Wildman–Crippen MR) is 171 cm³/mol. The Hall–Kier alpha value is -2.73. The first-order valence-electron chi connectivity index (χ1n) is 14.5. The van der Waals surface area contributed by atoms with Gasteiger partial charge in [-0.05, 0) is 48.9 Å². The van der Waals surface area contributed by atoms with Crippen molar-refractivity contribution in [3.8, 4) is 0 Å². The fourth-order valence-electron chi connectivity index (χ4n) is 5.21. The molecule has 0 unspecified atom stereocenters. The Balaban J connectivity index is 0.000000251. The first kappa shape index (κ1) is 33.2. The van der Waals surface area contributed by atoms with Crippen molar-refractivity contribution < 1.29 is 24.2 Å². The lowest BCUT2D eigenvalue weighted by atomic mass is 9.96. The van der Waals surface area contributed by atoms with Gasteiger partial charge in [-0.3, -0.25) is 14.5 Å². The lowest BCUT2D eigenvalue weighted by molar-refractivity contribution is -0.131. The van der Waals surface area contributed by atoms with Gasteiger partial charge in [-0.2, -0.15) is 0 Å². The van der Waals surface area contributed by atoms with Crippen LogP contribution in [0.25, 0.3) is 10.1 Å². The Morgan fingerprint density at radius 1 is 1.07 bits per heavy atom. The number of amides is 2. The molecule has 43 heavy (non-hydrogen) atoms. The summed E-state index contributed by atoms with van der Waals surface area (Å²) in [7, 11) is 0. The number of morpholine rings is 1. The maximum Gasteiger partial charge on any atom is 0.345 e. The second-order valence-electron chi connectivity index (χ2n) is 10.9. The Bertz CT molecular complexity index is 1390. The van der Waals surface area contributed by atoms with Gasteiger partial charge in [-0.1, -0.05) is 72.4 Å². The summed E-state index contributed by atoms with van der Waals surface area (Å²) in [6.45, 7) is 4.96. The number of carboxylic acid groups (broad SMARTS) is 1. The Morgan fingerprint density at radius 3 is 2.44 bits per heavy atom. The highest BCUT2D eigenvalue weighted by Crippen LogP contribution is 2.36. The van der Waals surface area contributed by atoms with Crippen molar-refractivity contribution in [2.24, 2.45) is 5.73 Å². The number of nitrogens with one attached hydrogen (secondary N) is 2. The number of thiophene rings is 1. The molecule has 12 heteroatoms. The van der Waals surface area contributed by atoms with Gasteiger partial charge in [0.1, 0.15) is 10.9 Å². The first-order chi connectivity index (χ1) is 20.7. The molecule has 1 aliphatic carbocycles. The van der Waals surface area contributed by atoms with Gasteiger partial charge in [0.2, 0.25) is 11.8 Å². The third-order valence-electron chi connectivity index (χ3n) is 7.70. The van der Waals surface area contributed by atoms with Crippen molar-refractivity contribution in [2.45, 2.75) is 50.1 Å². The molecule has 1 aliphatic heterocycles. The van der Waals surface area contributed by atoms with Crippen LogP contribution < -0.4 is 16.4 Å². The predicted octanol–water partition coefficient (Wildman–Crippen LogP) is 4.73. The van der Waals surface area contributed by atoms with E-state index in [1.54, 1.807) is 18.2 Å². The van der Waals surface area contributed by atoms with E-state index in [9.17, 15) is 14.4 Å². The van der Waals surface area contributed by atoms with E-state index in [0.29, 0.717) is 35.9 Å². The smallest absolute Gasteiger partial charge is 0.345 e. The van der Waals surface area contributed by atoms with E-state index in [0.717, 1.165) is 79.1 Å². The summed E-state index contributed by atoms with van der Waals surface area (Å²) in [5.74, 6) is -1.30. The number of fused-ring (bicyclic) bond motifs is 1. The van der Waals surface area contributed by atoms with Crippen molar-refractivity contribution in [3.05, 3.63) is 69.0 Å². The van der Waals surface area contributed by atoms with E-state index < -0.39 is 17.6 Å². The monoisotopic (exact) mass is 648 g/mol. The van der Waals surface area contributed by atoms with Crippen LogP contribution in [-0.4, -0.2) is 78.8 Å². The molecule has 0 spiro atoms. The van der Waals surface area contributed by atoms with Crippen LogP contribution in [0.1, 0.15) is 47.3 Å². The average Bonchev–Trinajstić information content (AvgIpc) is 3.66. The molecule has 2 fully saturated rings. The van der Waals surface area contributed by atoms with Gasteiger partial charge in [-0.15, -0.1) is 11.3 Å². The van der Waals surface area contributed by atoms with Gasteiger partial charge in [0, 0.05) is 26.1 Å². The highest BCUT2D eigenvalue weighted by atomic mass is 35.5. The van der Waals surface area contributed by atoms with Gasteiger partial charge < -0.3 is 26.2 Å². The molecule has 2 aromatic carbocycles. The minimum atomic E-state index is -0.946. The van der Waals surface area contributed by atoms with Crippen LogP contribution in [0.4, 0.5) is 0 Å². The largest absolute Gasteiger partial charge is 0.477 e. The topological polar surface area (TPSA) is 134 Å². The lowest BCUT2D eigenvalue weighted by Gasteiger charge is -2.27. The molecule has 1 saturated carbocycles. The molecule has 2 heterocycles. The van der Waals surface area contributed by atoms with Gasteiger partial charge in [0.25, 0.3) is 0 Å². The van der Waals surface area contributed by atoms with Crippen molar-refractivity contribution >= 4 is 62.4 Å². The number of ether oxygens (including phenoxy) is 1. The molecule has 5 rings (SSSR count). The molecule has 1 saturated heterocycles. The number of carboxylic acids is 1. The highest BCUT2D eigenvalue weighted by molar-refractivity contribution is 7.21. The maximum absolute atomic E-state index is 12.9. The summed E-state index contributed by atoms with van der Waals surface area (Å²) in [5, 5.41) is 16.4. The van der Waals surface area contributed by atoms with Crippen LogP contribution in [0.3, 0.4) is 0 Å². The van der Waals surface area contributed by atoms with E-state index in [-0.39, 0.29) is 16.7 Å². The minimum Gasteiger partial charge on any atom is -0.477 e. The number of nitrogens with two attached hydrogens (primary N) is 1. The van der Waals surface area contributed by atoms with E-state index in [1.165, 1.54) is 0 Å². The van der Waals surface area contributed by atoms with Crippen LogP contribution in [-0.2, 0) is 20.7 Å². The Labute approximate surface area is 265 Å². The Kier molecular flexibility index (Phi) is 12.2. The van der Waals surface area contributed by atoms with Crippen molar-refractivity contribution in [1.82, 2.24) is 15.5 Å². The molecule has 1 atom stereocenters. The quantitative estimate of drug-likeness (QED) is 0.234. The van der Waals surface area contributed by atoms with E-state index in [1.807, 2.05) is 30.3 Å². The maximum atomic E-state index is 12.9. The molecule has 1 aromatic heterocycles. The number of hydrogen-bond acceptors (Lipinski definition) is 7. The standard InChI is InChI=1S/C22H34N4O3.C9H4Cl2O2S/c23-22(9-4-5-10-22)21(28)25-19(17-18-7-2-1-3-8-18)20(27)24-11-6-12-26-13-15-29-16-14-26;10-5-2-1-4-3-6(9(12)13)14-8(4)7(5)11/h1-3,7-8,19H,4-6,9-17,23H2,(H,24,27)(H,25,28);1-3H,(H,12,13)/t19-;/m1./s1. The van der Waals surface area contributed by atoms with Crippen LogP contribution in [0.5, 0.6) is 0 Å². The SMILES string of the molecule is NC1(C(=O)N[C@H](Cc2ccccc2)C(=O)NCCCN2CCOCC2)CCCC1.O=C(O)c1cc2ccc(Cl)c(Cl)c2s1. The van der Waals surface area contributed by atoms with Crippen LogP contribution >= 0.6 is 34.5 Å². The highest BCUT2D eigenvalue weighted by Gasteiger charge is 2.38. The zero-order valence-corrected chi connectivity index (χ0v) is 26.3. The van der Waals surface area contributed by atoms with E-state index in [2.05, 4.69) is 15.5 Å². The zero-order valence-electron chi connectivity index (χ0n) is 24.0. The molecular formula is C31H38Cl2N4O5S. The molecule has 232 valence electrons. The third kappa shape index (κ3) is 9.38. The number of halogens is 2. The minimum absolute atomic E-state index is 0.147. The molecule has 2 amide bonds. The molecule has 5 N–H and O–H groups in total. The molecule has 0 bridgehead atoms. The van der Waals surface area contributed by atoms with E-state index >= 15 is 0 Å². The van der Waals surface area contributed by atoms with Crippen LogP contribution in [0, 0.1) is 0 Å². The van der Waals surface area contributed by atoms with Crippen molar-refractivity contribution in [3.63, 3.8) is 0 Å². The summed E-state index contributed by atoms with van der Waals surface area (Å²) in [6.07, 6.45) is 4.61. The van der Waals surface area contributed by atoms with Crippen LogP contribution in [0.15, 0.2) is 48.5 Å². The summed E-state index contributed by atoms with van der Waals surface area (Å²) in [4.78, 5) is 38.9. The van der Waals surface area contributed by atoms with Crippen molar-refractivity contribution in [2.75, 3.05) is 39.4 Å². The van der Waals surface area contributed by atoms with Gasteiger partial charge >= 0.3 is 5.97 Å². The molecular weight excluding hydrogens is 611 g/mol. The average molecular weight is 650 g/mol. The first-order valence-corrected chi connectivity index (χ1v) is 16.1. The van der Waals surface area contributed by atoms with Crippen LogP contribution in [0.2, 0.25) is 10.0 Å². The summed E-state index contributed by atoms with van der Waals surface area (Å²) in [5.41, 5.74) is 6.46. The Morgan fingerprint density at radius 2 is 1.77 bits per heavy atom. The second kappa shape index (κ2) is 15.8. The fourth-order valence-corrected chi connectivity index (χ4v) is 6.65. The second-order valence-corrected chi connectivity index (χ2v) is 12.7. The fraction of sp³-hybridized carbons (Fsp3) is 0.452. The molecule has 2 aliphatic rings. The number of carbonyl (C=O) groups excluding carboxylic acids is 2. The number of nitrogens with zero attached hydrogens (tertiary/aromatic N) is 1. The summed E-state index contributed by atoms with van der Waals surface area (Å²) >= 11 is 12.9. The number of benzene rings is 2. The third-order valence-corrected chi connectivity index (χ3v) is 9.77. The molecule has 9 nitrogen and oxygen atoms in total. The summed E-state index contributed by atoms with van der Waals surface area (Å²) in [6, 6.07) is 14.1. The number of hydrogen-bond donors (Lipinski definition) is 4. The normalized spacial score (nSPS) is 17.1. The van der Waals surface area contributed by atoms with Gasteiger partial charge in [-0.25, -0.2) is 4.79 Å². The van der Waals surface area contributed by atoms with Gasteiger partial charge in [0.15, 0.2) is 0 Å². The van der Waals surface area contributed by atoms with Gasteiger partial charge in [0.05, 0.1) is 33.5 Å². The van der Waals surface area contributed by atoms with E-state index in [4.69, 9.17) is 38.8 Å². The zero-order chi connectivity index (χ0) is 30.8. The number of carbonyl (C=O) groups is 3. The molecule has 0 radical (unpaired) electrons. The van der Waals surface area contributed by atoms with Crippen molar-refractivity contribution in [1.29, 1.82) is 0 Å². The summed E-state index contributed by atoms with van der Waals surface area (Å²) < 4.78 is 6.08. The number of aromatic carboxylic acids is 1. The number of rotatable bonds is 10. The lowest BCUT2D eigenvalue weighted by Crippen LogP contribution is -2.58. The molecule has 3 aromatic rings.